The molecule has 1 N–H and O–H groups in total. The number of nitrogens with one attached hydrogen (secondary N) is 1. The Morgan fingerprint density at radius 2 is 2.53 bits per heavy atom. The van der Waals surface area contributed by atoms with E-state index in [1.54, 1.807) is 6.92 Å². The van der Waals surface area contributed by atoms with Gasteiger partial charge in [-0.25, -0.2) is 4.79 Å². The van der Waals surface area contributed by atoms with Crippen LogP contribution in [0.15, 0.2) is 6.20 Å². The molecule has 2 heterocycles. The van der Waals surface area contributed by atoms with Gasteiger partial charge < -0.3 is 9.64 Å². The first kappa shape index (κ1) is 12.1. The summed E-state index contributed by atoms with van der Waals surface area (Å²) in [4.78, 5) is 25.0. The molecule has 1 amide bonds. The Bertz CT molecular complexity index is 446. The summed E-state index contributed by atoms with van der Waals surface area (Å²) in [7, 11) is 0. The second-order valence-corrected chi connectivity index (χ2v) is 4.95. The lowest BCUT2D eigenvalue weighted by atomic mass is 10.3. The Kier molecular flexibility index (Phi) is 3.46. The number of rotatable bonds is 3. The normalized spacial score (nSPS) is 19.8. The zero-order valence-electron chi connectivity index (χ0n) is 9.27. The van der Waals surface area contributed by atoms with E-state index in [-0.39, 0.29) is 23.0 Å². The number of aromatic amines is 1. The molecule has 1 aromatic rings. The summed E-state index contributed by atoms with van der Waals surface area (Å²) in [6.07, 6.45) is 1.89. The molecule has 0 saturated carbocycles. The lowest BCUT2D eigenvalue weighted by Crippen LogP contribution is -2.26. The lowest BCUT2D eigenvalue weighted by Gasteiger charge is -2.14. The van der Waals surface area contributed by atoms with Crippen molar-refractivity contribution in [2.24, 2.45) is 0 Å². The fraction of sp³-hybridized carbons (Fsp3) is 0.500. The number of hydrogen-bond donors (Lipinski definition) is 1. The van der Waals surface area contributed by atoms with Gasteiger partial charge in [0, 0.05) is 17.8 Å². The number of ether oxygens (including phenoxy) is 1. The molecule has 1 atom stereocenters. The molecule has 1 aromatic heterocycles. The maximum Gasteiger partial charge on any atom is 0.358 e. The van der Waals surface area contributed by atoms with Crippen LogP contribution in [0, 0.1) is 0 Å². The molecule has 7 heteroatoms. The predicted molar refractivity (Wildman–Crippen MR) is 64.2 cm³/mol. The molecule has 0 bridgehead atoms. The topological polar surface area (TPSA) is 75.3 Å². The van der Waals surface area contributed by atoms with Gasteiger partial charge in [-0.1, -0.05) is 15.9 Å². The van der Waals surface area contributed by atoms with Gasteiger partial charge in [0.2, 0.25) is 5.91 Å². The first-order valence-electron chi connectivity index (χ1n) is 5.28. The highest BCUT2D eigenvalue weighted by atomic mass is 79.9. The first-order valence-corrected chi connectivity index (χ1v) is 6.20. The van der Waals surface area contributed by atoms with Crippen molar-refractivity contribution < 1.29 is 14.3 Å². The molecular weight excluding hydrogens is 290 g/mol. The van der Waals surface area contributed by atoms with Crippen molar-refractivity contribution in [2.45, 2.75) is 18.2 Å². The van der Waals surface area contributed by atoms with E-state index < -0.39 is 5.97 Å². The second kappa shape index (κ2) is 4.87. The van der Waals surface area contributed by atoms with Crippen LogP contribution in [0.3, 0.4) is 0 Å². The summed E-state index contributed by atoms with van der Waals surface area (Å²) >= 11 is 3.39. The number of anilines is 1. The number of nitrogens with zero attached hydrogens (tertiary/aromatic N) is 2. The Morgan fingerprint density at radius 1 is 1.76 bits per heavy atom. The fourth-order valence-electron chi connectivity index (χ4n) is 1.73. The van der Waals surface area contributed by atoms with Gasteiger partial charge in [0.15, 0.2) is 5.69 Å². The second-order valence-electron chi connectivity index (χ2n) is 3.66. The fourth-order valence-corrected chi connectivity index (χ4v) is 2.30. The molecular formula is C10H12BrN3O3. The smallest absolute Gasteiger partial charge is 0.358 e. The molecule has 0 spiro atoms. The molecule has 17 heavy (non-hydrogen) atoms. The lowest BCUT2D eigenvalue weighted by molar-refractivity contribution is -0.117. The first-order chi connectivity index (χ1) is 8.13. The predicted octanol–water partition coefficient (Wildman–Crippen LogP) is 1.09. The van der Waals surface area contributed by atoms with Crippen LogP contribution < -0.4 is 4.90 Å². The van der Waals surface area contributed by atoms with E-state index in [2.05, 4.69) is 26.1 Å². The van der Waals surface area contributed by atoms with Gasteiger partial charge in [-0.15, -0.1) is 0 Å². The minimum Gasteiger partial charge on any atom is -0.461 e. The van der Waals surface area contributed by atoms with Crippen molar-refractivity contribution >= 4 is 33.5 Å². The molecule has 1 unspecified atom stereocenters. The minimum atomic E-state index is -0.495. The monoisotopic (exact) mass is 301 g/mol. The molecule has 1 fully saturated rings. The van der Waals surface area contributed by atoms with Crippen LogP contribution in [0.25, 0.3) is 0 Å². The van der Waals surface area contributed by atoms with Crippen molar-refractivity contribution in [2.75, 3.05) is 18.1 Å². The molecule has 0 aliphatic carbocycles. The van der Waals surface area contributed by atoms with Gasteiger partial charge in [0.05, 0.1) is 18.5 Å². The van der Waals surface area contributed by atoms with E-state index in [1.807, 2.05) is 0 Å². The van der Waals surface area contributed by atoms with Gasteiger partial charge in [0.1, 0.15) is 0 Å². The number of H-pyrrole nitrogens is 1. The molecule has 1 aliphatic heterocycles. The maximum absolute atomic E-state index is 11.7. The highest BCUT2D eigenvalue weighted by molar-refractivity contribution is 9.09. The summed E-state index contributed by atoms with van der Waals surface area (Å²) in [5, 5.41) is 6.36. The highest BCUT2D eigenvalue weighted by Gasteiger charge is 2.32. The quantitative estimate of drug-likeness (QED) is 0.670. The van der Waals surface area contributed by atoms with Crippen molar-refractivity contribution in [1.29, 1.82) is 0 Å². The average molecular weight is 302 g/mol. The zero-order valence-corrected chi connectivity index (χ0v) is 10.9. The van der Waals surface area contributed by atoms with Crippen molar-refractivity contribution in [3.63, 3.8) is 0 Å². The minimum absolute atomic E-state index is 0.0289. The number of carbonyl (C=O) groups excluding carboxylic acids is 2. The summed E-state index contributed by atoms with van der Waals surface area (Å²) in [6, 6.07) is 0. The Hall–Kier alpha value is -1.37. The number of aromatic nitrogens is 2. The van der Waals surface area contributed by atoms with E-state index in [9.17, 15) is 9.59 Å². The van der Waals surface area contributed by atoms with Crippen LogP contribution in [0.2, 0.25) is 0 Å². The Morgan fingerprint density at radius 3 is 3.12 bits per heavy atom. The number of halogens is 1. The number of hydrogen-bond acceptors (Lipinski definition) is 4. The van der Waals surface area contributed by atoms with Gasteiger partial charge in [-0.3, -0.25) is 9.89 Å². The average Bonchev–Trinajstić information content (AvgIpc) is 2.84. The van der Waals surface area contributed by atoms with Crippen LogP contribution in [0.1, 0.15) is 23.8 Å². The SMILES string of the molecule is CCOC(=O)c1[nH]ncc1N1CC(Br)CC1=O. The Labute approximate surface area is 106 Å². The largest absolute Gasteiger partial charge is 0.461 e. The molecule has 0 radical (unpaired) electrons. The van der Waals surface area contributed by atoms with E-state index in [0.29, 0.717) is 18.7 Å². The molecule has 6 nitrogen and oxygen atoms in total. The van der Waals surface area contributed by atoms with Crippen molar-refractivity contribution in [1.82, 2.24) is 10.2 Å². The van der Waals surface area contributed by atoms with E-state index in [4.69, 9.17) is 4.74 Å². The summed E-state index contributed by atoms with van der Waals surface area (Å²) < 4.78 is 4.89. The standard InChI is InChI=1S/C10H12BrN3O3/c1-2-17-10(16)9-7(4-12-13-9)14-5-6(11)3-8(14)15/h4,6H,2-3,5H2,1H3,(H,12,13). The van der Waals surface area contributed by atoms with Crippen LogP contribution in [-0.4, -0.2) is 40.1 Å². The van der Waals surface area contributed by atoms with Gasteiger partial charge in [-0.05, 0) is 6.92 Å². The Balaban J connectivity index is 2.25. The van der Waals surface area contributed by atoms with Gasteiger partial charge >= 0.3 is 5.97 Å². The third-order valence-electron chi connectivity index (χ3n) is 2.47. The maximum atomic E-state index is 11.7. The van der Waals surface area contributed by atoms with Crippen LogP contribution >= 0.6 is 15.9 Å². The van der Waals surface area contributed by atoms with Crippen molar-refractivity contribution in [3.05, 3.63) is 11.9 Å². The molecule has 1 aliphatic rings. The molecule has 92 valence electrons. The van der Waals surface area contributed by atoms with E-state index >= 15 is 0 Å². The number of esters is 1. The molecule has 1 saturated heterocycles. The third-order valence-corrected chi connectivity index (χ3v) is 3.08. The van der Waals surface area contributed by atoms with E-state index in [0.717, 1.165) is 0 Å². The summed E-state index contributed by atoms with van der Waals surface area (Å²) in [5.41, 5.74) is 0.706. The highest BCUT2D eigenvalue weighted by Crippen LogP contribution is 2.27. The summed E-state index contributed by atoms with van der Waals surface area (Å²) in [5.74, 6) is -0.523. The van der Waals surface area contributed by atoms with Crippen LogP contribution in [-0.2, 0) is 9.53 Å². The molecule has 2 rings (SSSR count). The van der Waals surface area contributed by atoms with Crippen LogP contribution in [0.5, 0.6) is 0 Å². The van der Waals surface area contributed by atoms with Crippen molar-refractivity contribution in [3.8, 4) is 0 Å². The third kappa shape index (κ3) is 2.33. The number of alkyl halides is 1. The number of carbonyl (C=O) groups is 2. The van der Waals surface area contributed by atoms with E-state index in [1.165, 1.54) is 11.1 Å². The molecule has 0 aromatic carbocycles. The van der Waals surface area contributed by atoms with Gasteiger partial charge in [-0.2, -0.15) is 5.10 Å². The zero-order chi connectivity index (χ0) is 12.4. The van der Waals surface area contributed by atoms with Gasteiger partial charge in [0.25, 0.3) is 0 Å². The number of amides is 1. The summed E-state index contributed by atoms with van der Waals surface area (Å²) in [6.45, 7) is 2.54. The van der Waals surface area contributed by atoms with Crippen LogP contribution in [0.4, 0.5) is 5.69 Å².